The Morgan fingerprint density at radius 2 is 1.76 bits per heavy atom. The Kier molecular flexibility index (Phi) is 4.40. The van der Waals surface area contributed by atoms with E-state index in [1.807, 2.05) is 0 Å². The van der Waals surface area contributed by atoms with Crippen molar-refractivity contribution in [2.24, 2.45) is 0 Å². The Hall–Kier alpha value is -2.58. The van der Waals surface area contributed by atoms with Gasteiger partial charge in [-0.1, -0.05) is 30.3 Å². The van der Waals surface area contributed by atoms with Crippen LogP contribution in [0.2, 0.25) is 0 Å². The minimum absolute atomic E-state index is 0.0344. The molecule has 0 N–H and O–H groups in total. The van der Waals surface area contributed by atoms with Crippen LogP contribution in [0.4, 0.5) is 0 Å². The number of allylic oxidation sites excluding steroid dienone is 1. The molecule has 0 saturated carbocycles. The van der Waals surface area contributed by atoms with Crippen LogP contribution in [0.25, 0.3) is 17.3 Å². The first-order valence-electron chi connectivity index (χ1n) is 7.64. The molecule has 0 amide bonds. The summed E-state index contributed by atoms with van der Waals surface area (Å²) in [6.07, 6.45) is 2.42. The van der Waals surface area contributed by atoms with Gasteiger partial charge < -0.3 is 4.90 Å². The molecule has 0 spiro atoms. The summed E-state index contributed by atoms with van der Waals surface area (Å²) in [6, 6.07) is 8.75. The van der Waals surface area contributed by atoms with E-state index in [1.165, 1.54) is 6.08 Å². The number of rotatable bonds is 5. The summed E-state index contributed by atoms with van der Waals surface area (Å²) in [4.78, 5) is 25.9. The molecule has 0 bridgehead atoms. The van der Waals surface area contributed by atoms with Gasteiger partial charge >= 0.3 is 0 Å². The summed E-state index contributed by atoms with van der Waals surface area (Å²) in [7, 11) is -0.237. The monoisotopic (exact) mass is 359 g/mol. The normalized spacial score (nSPS) is 14.2. The number of fused-ring (bicyclic) bond motifs is 1. The van der Waals surface area contributed by atoms with Gasteiger partial charge in [-0.25, -0.2) is 8.42 Å². The van der Waals surface area contributed by atoms with Crippen LogP contribution in [0, 0.1) is 0 Å². The minimum Gasteiger partial charge on any atom is -0.308 e. The maximum atomic E-state index is 12.7. The quantitative estimate of drug-likeness (QED) is 0.742. The highest BCUT2D eigenvalue weighted by molar-refractivity contribution is 7.89. The van der Waals surface area contributed by atoms with E-state index in [1.54, 1.807) is 49.3 Å². The van der Waals surface area contributed by atoms with Crippen LogP contribution in [0.5, 0.6) is 0 Å². The van der Waals surface area contributed by atoms with Gasteiger partial charge in [0.15, 0.2) is 0 Å². The summed E-state index contributed by atoms with van der Waals surface area (Å²) in [5, 5.41) is 4.18. The lowest BCUT2D eigenvalue weighted by atomic mass is 9.96. The number of carbonyl (C=O) groups is 2. The highest BCUT2D eigenvalue weighted by Gasteiger charge is 2.33. The predicted molar refractivity (Wildman–Crippen MR) is 93.8 cm³/mol. The third-order valence-corrected chi connectivity index (χ3v) is 5.34. The van der Waals surface area contributed by atoms with Crippen LogP contribution in [0.1, 0.15) is 16.1 Å². The molecule has 7 nitrogen and oxygen atoms in total. The second-order valence-corrected chi connectivity index (χ2v) is 7.88. The molecule has 1 aromatic heterocycles. The van der Waals surface area contributed by atoms with Gasteiger partial charge in [0.1, 0.15) is 5.69 Å². The van der Waals surface area contributed by atoms with E-state index in [-0.39, 0.29) is 22.7 Å². The third-order valence-electron chi connectivity index (χ3n) is 3.84. The van der Waals surface area contributed by atoms with E-state index >= 15 is 0 Å². The van der Waals surface area contributed by atoms with E-state index < -0.39 is 21.6 Å². The summed E-state index contributed by atoms with van der Waals surface area (Å²) < 4.78 is 26.2. The van der Waals surface area contributed by atoms with Crippen LogP contribution < -0.4 is 0 Å². The van der Waals surface area contributed by atoms with Crippen molar-refractivity contribution in [3.63, 3.8) is 0 Å². The van der Waals surface area contributed by atoms with Crippen molar-refractivity contribution < 1.29 is 18.0 Å². The van der Waals surface area contributed by atoms with E-state index in [2.05, 4.69) is 5.10 Å². The topological polar surface area (TPSA) is 89.3 Å². The van der Waals surface area contributed by atoms with Crippen molar-refractivity contribution >= 4 is 27.7 Å². The number of hydrogen-bond donors (Lipinski definition) is 0. The van der Waals surface area contributed by atoms with Gasteiger partial charge in [0.05, 0.1) is 17.0 Å². The molecule has 0 aliphatic heterocycles. The first kappa shape index (κ1) is 17.2. The minimum atomic E-state index is -3.78. The van der Waals surface area contributed by atoms with Gasteiger partial charge in [0, 0.05) is 12.1 Å². The number of hydrogen-bond acceptors (Lipinski definition) is 6. The number of benzene rings is 1. The molecule has 25 heavy (non-hydrogen) atoms. The van der Waals surface area contributed by atoms with Gasteiger partial charge in [-0.3, -0.25) is 9.59 Å². The molecule has 1 heterocycles. The van der Waals surface area contributed by atoms with Crippen molar-refractivity contribution in [1.82, 2.24) is 14.1 Å². The summed E-state index contributed by atoms with van der Waals surface area (Å²) in [5.74, 6) is -1.58. The van der Waals surface area contributed by atoms with Crippen molar-refractivity contribution in [2.75, 3.05) is 26.4 Å². The number of nitrogens with zero attached hydrogens (tertiary/aromatic N) is 3. The van der Waals surface area contributed by atoms with Gasteiger partial charge in [0.2, 0.25) is 11.6 Å². The highest BCUT2D eigenvalue weighted by Crippen LogP contribution is 2.30. The lowest BCUT2D eigenvalue weighted by Crippen LogP contribution is -2.28. The number of aromatic nitrogens is 2. The number of carbonyl (C=O) groups excluding carboxylic acids is 2. The fraction of sp³-hybridized carbons (Fsp3) is 0.235. The van der Waals surface area contributed by atoms with Gasteiger partial charge in [-0.15, -0.1) is 0 Å². The number of ketones is 2. The van der Waals surface area contributed by atoms with Crippen LogP contribution >= 0.6 is 0 Å². The van der Waals surface area contributed by atoms with Gasteiger partial charge in [-0.05, 0) is 26.2 Å². The molecule has 3 rings (SSSR count). The second kappa shape index (κ2) is 6.38. The molecule has 0 fully saturated rings. The average Bonchev–Trinajstić information content (AvgIpc) is 2.98. The average molecular weight is 359 g/mol. The molecule has 1 aliphatic rings. The van der Waals surface area contributed by atoms with Crippen molar-refractivity contribution in [3.05, 3.63) is 47.7 Å². The van der Waals surface area contributed by atoms with Crippen molar-refractivity contribution in [3.8, 4) is 11.3 Å². The molecule has 0 radical (unpaired) electrons. The van der Waals surface area contributed by atoms with E-state index in [4.69, 9.17) is 0 Å². The number of Topliss-reactive ketones (excluding diaryl/α,β-unsaturated/α-hetero) is 1. The fourth-order valence-corrected chi connectivity index (χ4v) is 3.96. The van der Waals surface area contributed by atoms with Crippen LogP contribution in [-0.4, -0.2) is 60.5 Å². The molecular weight excluding hydrogens is 342 g/mol. The van der Waals surface area contributed by atoms with Crippen molar-refractivity contribution in [1.29, 1.82) is 0 Å². The molecular formula is C17H17N3O4S. The molecule has 130 valence electrons. The van der Waals surface area contributed by atoms with Gasteiger partial charge in [0.25, 0.3) is 10.0 Å². The second-order valence-electron chi connectivity index (χ2n) is 5.96. The molecule has 1 aliphatic carbocycles. The summed E-state index contributed by atoms with van der Waals surface area (Å²) in [6.45, 7) is 0.314. The fourth-order valence-electron chi connectivity index (χ4n) is 2.53. The largest absolute Gasteiger partial charge is 0.308 e. The zero-order valence-electron chi connectivity index (χ0n) is 13.8. The van der Waals surface area contributed by atoms with Crippen LogP contribution in [0.3, 0.4) is 0 Å². The molecule has 0 saturated heterocycles. The first-order valence-corrected chi connectivity index (χ1v) is 9.25. The van der Waals surface area contributed by atoms with Crippen molar-refractivity contribution in [2.45, 2.75) is 0 Å². The first-order chi connectivity index (χ1) is 11.8. The molecule has 2 aromatic rings. The Bertz CT molecular complexity index is 973. The molecule has 0 unspecified atom stereocenters. The SMILES string of the molecule is CN(C)CCS(=O)(=O)n1nc(-c2ccccc2)c2c1C=CC(=O)C2=O. The van der Waals surface area contributed by atoms with Crippen LogP contribution in [-0.2, 0) is 14.8 Å². The summed E-state index contributed by atoms with van der Waals surface area (Å²) >= 11 is 0. The zero-order chi connectivity index (χ0) is 18.2. The maximum absolute atomic E-state index is 12.7. The standard InChI is InChI=1S/C17H17N3O4S/c1-19(2)10-11-25(23,24)20-13-8-9-14(21)17(22)15(13)16(18-20)12-6-4-3-5-7-12/h3-9H,10-11H2,1-2H3. The molecule has 0 atom stereocenters. The Balaban J connectivity index is 2.20. The predicted octanol–water partition coefficient (Wildman–Crippen LogP) is 1.07. The van der Waals surface area contributed by atoms with E-state index in [0.29, 0.717) is 12.1 Å². The summed E-state index contributed by atoms with van der Waals surface area (Å²) in [5.41, 5.74) is 0.942. The Morgan fingerprint density at radius 3 is 2.40 bits per heavy atom. The van der Waals surface area contributed by atoms with Gasteiger partial charge in [-0.2, -0.15) is 9.19 Å². The molecule has 1 aromatic carbocycles. The van der Waals surface area contributed by atoms with E-state index in [0.717, 1.165) is 10.2 Å². The van der Waals surface area contributed by atoms with E-state index in [9.17, 15) is 18.0 Å². The third kappa shape index (κ3) is 3.18. The highest BCUT2D eigenvalue weighted by atomic mass is 32.2. The zero-order valence-corrected chi connectivity index (χ0v) is 14.7. The smallest absolute Gasteiger partial charge is 0.255 e. The lowest BCUT2D eigenvalue weighted by molar-refractivity contribution is -0.110. The molecule has 8 heteroatoms. The maximum Gasteiger partial charge on any atom is 0.255 e. The lowest BCUT2D eigenvalue weighted by Gasteiger charge is -2.12. The van der Waals surface area contributed by atoms with Crippen LogP contribution in [0.15, 0.2) is 36.4 Å². The Morgan fingerprint density at radius 1 is 1.08 bits per heavy atom. The Labute approximate surface area is 145 Å².